The molecule has 6 nitrogen and oxygen atoms in total. The highest BCUT2D eigenvalue weighted by molar-refractivity contribution is 5.76. The largest absolute Gasteiger partial charge is 0.388 e. The quantitative estimate of drug-likeness (QED) is 0.765. The average molecular weight is 316 g/mol. The number of imidazole rings is 1. The Kier molecular flexibility index (Phi) is 4.93. The van der Waals surface area contributed by atoms with Gasteiger partial charge in [0, 0.05) is 25.4 Å². The Hall–Kier alpha value is -1.92. The van der Waals surface area contributed by atoms with Gasteiger partial charge in [0.25, 0.3) is 0 Å². The Morgan fingerprint density at radius 3 is 3.17 bits per heavy atom. The van der Waals surface area contributed by atoms with Crippen LogP contribution in [0.1, 0.15) is 31.4 Å². The van der Waals surface area contributed by atoms with Gasteiger partial charge in [-0.15, -0.1) is 0 Å². The number of hydrogen-bond acceptors (Lipinski definition) is 4. The minimum absolute atomic E-state index is 0.0345. The zero-order chi connectivity index (χ0) is 16.1. The smallest absolute Gasteiger partial charge is 0.220 e. The van der Waals surface area contributed by atoms with E-state index in [-0.39, 0.29) is 5.91 Å². The molecular weight excluding hydrogens is 292 g/mol. The van der Waals surface area contributed by atoms with Gasteiger partial charge in [0.05, 0.1) is 11.3 Å². The van der Waals surface area contributed by atoms with Crippen LogP contribution >= 0.6 is 0 Å². The highest BCUT2D eigenvalue weighted by Crippen LogP contribution is 2.18. The van der Waals surface area contributed by atoms with Gasteiger partial charge in [-0.3, -0.25) is 4.79 Å². The Labute approximate surface area is 135 Å². The molecule has 0 aromatic carbocycles. The van der Waals surface area contributed by atoms with E-state index in [2.05, 4.69) is 15.6 Å². The number of aryl methyl sites for hydroxylation is 1. The van der Waals surface area contributed by atoms with Crippen molar-refractivity contribution < 1.29 is 9.90 Å². The summed E-state index contributed by atoms with van der Waals surface area (Å²) in [6.45, 7) is 2.07. The highest BCUT2D eigenvalue weighted by atomic mass is 16.3. The van der Waals surface area contributed by atoms with Crippen molar-refractivity contribution in [2.75, 3.05) is 19.6 Å². The molecule has 1 aliphatic heterocycles. The lowest BCUT2D eigenvalue weighted by Gasteiger charge is -2.26. The Morgan fingerprint density at radius 2 is 2.30 bits per heavy atom. The van der Waals surface area contributed by atoms with Gasteiger partial charge in [0.1, 0.15) is 5.65 Å². The predicted molar refractivity (Wildman–Crippen MR) is 88.2 cm³/mol. The molecule has 0 spiro atoms. The number of amides is 1. The number of pyridine rings is 1. The van der Waals surface area contributed by atoms with Gasteiger partial charge in [0.2, 0.25) is 5.91 Å². The molecule has 23 heavy (non-hydrogen) atoms. The van der Waals surface area contributed by atoms with E-state index >= 15 is 0 Å². The Morgan fingerprint density at radius 1 is 1.39 bits per heavy atom. The van der Waals surface area contributed by atoms with E-state index in [1.165, 1.54) is 0 Å². The predicted octanol–water partition coefficient (Wildman–Crippen LogP) is 0.888. The van der Waals surface area contributed by atoms with Crippen LogP contribution in [0, 0.1) is 0 Å². The number of hydrogen-bond donors (Lipinski definition) is 3. The Balaban J connectivity index is 1.47. The first-order chi connectivity index (χ1) is 11.1. The second kappa shape index (κ2) is 7.10. The lowest BCUT2D eigenvalue weighted by atomic mass is 9.95. The average Bonchev–Trinajstić information content (AvgIpc) is 2.85. The van der Waals surface area contributed by atoms with Gasteiger partial charge >= 0.3 is 0 Å². The topological polar surface area (TPSA) is 78.7 Å². The van der Waals surface area contributed by atoms with Crippen molar-refractivity contribution in [3.63, 3.8) is 0 Å². The normalized spacial score (nSPS) is 22.0. The van der Waals surface area contributed by atoms with Gasteiger partial charge in [-0.05, 0) is 50.9 Å². The molecule has 3 N–H and O–H groups in total. The van der Waals surface area contributed by atoms with E-state index in [0.29, 0.717) is 25.8 Å². The van der Waals surface area contributed by atoms with Gasteiger partial charge in [-0.25, -0.2) is 4.98 Å². The summed E-state index contributed by atoms with van der Waals surface area (Å²) >= 11 is 0. The summed E-state index contributed by atoms with van der Waals surface area (Å²) in [5.74, 6) is -0.0345. The third-order valence-electron chi connectivity index (χ3n) is 4.40. The molecule has 6 heteroatoms. The zero-order valence-corrected chi connectivity index (χ0v) is 13.3. The highest BCUT2D eigenvalue weighted by Gasteiger charge is 2.28. The summed E-state index contributed by atoms with van der Waals surface area (Å²) in [6, 6.07) is 5.84. The second-order valence-corrected chi connectivity index (χ2v) is 6.30. The number of aromatic nitrogens is 2. The van der Waals surface area contributed by atoms with E-state index < -0.39 is 5.60 Å². The standard InChI is InChI=1S/C17H24N4O2/c22-16(19-13-17(23)7-3-9-18-10-8-17)6-5-14-12-21-11-2-1-4-15(21)20-14/h1-2,4,11-12,18,23H,3,5-10,13H2,(H,19,22)/t17-/m0/s1. The molecule has 0 bridgehead atoms. The van der Waals surface area contributed by atoms with Crippen LogP contribution in [0.4, 0.5) is 0 Å². The molecule has 1 fully saturated rings. The van der Waals surface area contributed by atoms with Crippen LogP contribution < -0.4 is 10.6 Å². The fraction of sp³-hybridized carbons (Fsp3) is 0.529. The van der Waals surface area contributed by atoms with Gasteiger partial charge < -0.3 is 20.1 Å². The molecule has 3 heterocycles. The molecule has 0 unspecified atom stereocenters. The molecule has 0 aliphatic carbocycles. The van der Waals surface area contributed by atoms with Crippen LogP contribution in [-0.2, 0) is 11.2 Å². The zero-order valence-electron chi connectivity index (χ0n) is 13.3. The van der Waals surface area contributed by atoms with E-state index in [9.17, 15) is 9.90 Å². The fourth-order valence-corrected chi connectivity index (χ4v) is 2.99. The van der Waals surface area contributed by atoms with Crippen molar-refractivity contribution in [2.24, 2.45) is 0 Å². The molecule has 1 aliphatic rings. The lowest BCUT2D eigenvalue weighted by molar-refractivity contribution is -0.122. The minimum Gasteiger partial charge on any atom is -0.388 e. The van der Waals surface area contributed by atoms with Crippen LogP contribution in [0.3, 0.4) is 0 Å². The first kappa shape index (κ1) is 16.0. The number of carbonyl (C=O) groups is 1. The van der Waals surface area contributed by atoms with Crippen molar-refractivity contribution in [2.45, 2.75) is 37.7 Å². The number of aliphatic hydroxyl groups is 1. The summed E-state index contributed by atoms with van der Waals surface area (Å²) in [7, 11) is 0. The number of nitrogens with zero attached hydrogens (tertiary/aromatic N) is 2. The van der Waals surface area contributed by atoms with Gasteiger partial charge in [-0.2, -0.15) is 0 Å². The summed E-state index contributed by atoms with van der Waals surface area (Å²) in [4.78, 5) is 16.5. The summed E-state index contributed by atoms with van der Waals surface area (Å²) < 4.78 is 1.95. The van der Waals surface area contributed by atoms with E-state index in [1.807, 2.05) is 35.0 Å². The third kappa shape index (κ3) is 4.30. The van der Waals surface area contributed by atoms with Gasteiger partial charge in [0.15, 0.2) is 0 Å². The van der Waals surface area contributed by atoms with Crippen molar-refractivity contribution in [1.29, 1.82) is 0 Å². The van der Waals surface area contributed by atoms with Crippen molar-refractivity contribution >= 4 is 11.6 Å². The molecule has 0 radical (unpaired) electrons. The third-order valence-corrected chi connectivity index (χ3v) is 4.40. The fourth-order valence-electron chi connectivity index (χ4n) is 2.99. The SMILES string of the molecule is O=C(CCc1cn2ccccc2n1)NC[C@]1(O)CCCNCC1. The number of nitrogens with one attached hydrogen (secondary N) is 2. The first-order valence-corrected chi connectivity index (χ1v) is 8.27. The van der Waals surface area contributed by atoms with Gasteiger partial charge in [-0.1, -0.05) is 6.07 Å². The van der Waals surface area contributed by atoms with Crippen molar-refractivity contribution in [3.8, 4) is 0 Å². The molecule has 1 atom stereocenters. The number of rotatable bonds is 5. The number of fused-ring (bicyclic) bond motifs is 1. The van der Waals surface area contributed by atoms with E-state index in [0.717, 1.165) is 37.3 Å². The molecule has 2 aromatic rings. The lowest BCUT2D eigenvalue weighted by Crippen LogP contribution is -2.43. The summed E-state index contributed by atoms with van der Waals surface area (Å²) in [5, 5.41) is 16.6. The molecule has 2 aromatic heterocycles. The van der Waals surface area contributed by atoms with E-state index in [1.54, 1.807) is 0 Å². The maximum absolute atomic E-state index is 12.0. The molecule has 1 amide bonds. The van der Waals surface area contributed by atoms with Crippen LogP contribution in [-0.4, -0.2) is 45.6 Å². The van der Waals surface area contributed by atoms with Crippen molar-refractivity contribution in [3.05, 3.63) is 36.3 Å². The molecule has 124 valence electrons. The second-order valence-electron chi connectivity index (χ2n) is 6.30. The maximum atomic E-state index is 12.0. The van der Waals surface area contributed by atoms with E-state index in [4.69, 9.17) is 0 Å². The molecule has 1 saturated heterocycles. The summed E-state index contributed by atoms with van der Waals surface area (Å²) in [6.07, 6.45) is 7.24. The van der Waals surface area contributed by atoms with Crippen LogP contribution in [0.5, 0.6) is 0 Å². The molecular formula is C17H24N4O2. The van der Waals surface area contributed by atoms with Crippen LogP contribution in [0.25, 0.3) is 5.65 Å². The van der Waals surface area contributed by atoms with Crippen LogP contribution in [0.15, 0.2) is 30.6 Å². The first-order valence-electron chi connectivity index (χ1n) is 8.27. The van der Waals surface area contributed by atoms with Crippen molar-refractivity contribution in [1.82, 2.24) is 20.0 Å². The summed E-state index contributed by atoms with van der Waals surface area (Å²) in [5.41, 5.74) is 1.02. The Bertz CT molecular complexity index is 626. The molecule has 3 rings (SSSR count). The monoisotopic (exact) mass is 316 g/mol. The minimum atomic E-state index is -0.776. The molecule has 0 saturated carbocycles. The maximum Gasteiger partial charge on any atom is 0.220 e. The van der Waals surface area contributed by atoms with Crippen LogP contribution in [0.2, 0.25) is 0 Å². The number of carbonyl (C=O) groups excluding carboxylic acids is 1.